The summed E-state index contributed by atoms with van der Waals surface area (Å²) in [6, 6.07) is 11.4. The fraction of sp³-hybridized carbons (Fsp3) is 0.367. The molecule has 1 N–H and O–H groups in total. The van der Waals surface area contributed by atoms with E-state index in [1.807, 2.05) is 25.7 Å². The van der Waals surface area contributed by atoms with Crippen molar-refractivity contribution in [3.8, 4) is 5.88 Å². The minimum atomic E-state index is -4.44. The summed E-state index contributed by atoms with van der Waals surface area (Å²) in [5.74, 6) is -0.834. The number of pyridine rings is 2. The number of imidazole rings is 1. The second-order valence-corrected chi connectivity index (χ2v) is 11.0. The summed E-state index contributed by atoms with van der Waals surface area (Å²) in [7, 11) is 0. The highest BCUT2D eigenvalue weighted by Gasteiger charge is 2.32. The van der Waals surface area contributed by atoms with E-state index in [9.17, 15) is 18.0 Å². The first kappa shape index (κ1) is 33.1. The number of halogens is 6. The van der Waals surface area contributed by atoms with Gasteiger partial charge in [0.25, 0.3) is 5.91 Å². The van der Waals surface area contributed by atoms with Gasteiger partial charge >= 0.3 is 6.18 Å². The molecule has 0 unspecified atom stereocenters. The van der Waals surface area contributed by atoms with Gasteiger partial charge in [-0.25, -0.2) is 14.4 Å². The summed E-state index contributed by atoms with van der Waals surface area (Å²) < 4.78 is 59.1. The number of amides is 1. The SMILES string of the molecule is CCc1nc2ccc(Cl)cn2c1C(=O)NCc1ccc(N2C[C@H](C)N(c3ccc(OCC(F)(F)F)nc3)C[C@H]2C)c(F)c1.Cl. The van der Waals surface area contributed by atoms with Gasteiger partial charge in [0.05, 0.1) is 28.3 Å². The Labute approximate surface area is 263 Å². The van der Waals surface area contributed by atoms with Crippen molar-refractivity contribution in [2.45, 2.75) is 52.0 Å². The van der Waals surface area contributed by atoms with Crippen molar-refractivity contribution in [3.63, 3.8) is 0 Å². The summed E-state index contributed by atoms with van der Waals surface area (Å²) in [5, 5.41) is 3.35. The van der Waals surface area contributed by atoms with Crippen LogP contribution in [0.1, 0.15) is 42.5 Å². The molecule has 1 aromatic carbocycles. The first-order valence-corrected chi connectivity index (χ1v) is 14.2. The Morgan fingerprint density at radius 2 is 1.82 bits per heavy atom. The maximum Gasteiger partial charge on any atom is 0.422 e. The number of hydrogen-bond donors (Lipinski definition) is 1. The molecule has 0 saturated carbocycles. The Morgan fingerprint density at radius 3 is 2.48 bits per heavy atom. The average molecular weight is 656 g/mol. The van der Waals surface area contributed by atoms with E-state index in [2.05, 4.69) is 20.2 Å². The van der Waals surface area contributed by atoms with Crippen molar-refractivity contribution < 1.29 is 27.1 Å². The average Bonchev–Trinajstić information content (AvgIpc) is 3.34. The standard InChI is InChI=1S/C30H31ClF4N6O2.ClH/c1-4-24-28(41-16-21(31)6-9-26(41)38-24)29(42)37-12-20-5-8-25(23(32)11-20)40-15-18(2)39(14-19(40)3)22-7-10-27(36-13-22)43-17-30(33,34)35;/h5-11,13,16,18-19H,4,12,14-15,17H2,1-3H3,(H,37,42);1H/t18-,19+;/m0./s1. The first-order valence-electron chi connectivity index (χ1n) is 13.9. The lowest BCUT2D eigenvalue weighted by molar-refractivity contribution is -0.154. The van der Waals surface area contributed by atoms with E-state index in [4.69, 9.17) is 16.3 Å². The van der Waals surface area contributed by atoms with Crippen LogP contribution in [0.4, 0.5) is 28.9 Å². The van der Waals surface area contributed by atoms with Gasteiger partial charge < -0.3 is 19.9 Å². The summed E-state index contributed by atoms with van der Waals surface area (Å²) in [6.07, 6.45) is -0.745. The van der Waals surface area contributed by atoms with Crippen molar-refractivity contribution in [2.24, 2.45) is 0 Å². The maximum absolute atomic E-state index is 15.4. The van der Waals surface area contributed by atoms with Crippen LogP contribution in [0.2, 0.25) is 5.02 Å². The van der Waals surface area contributed by atoms with Gasteiger partial charge in [0, 0.05) is 44.0 Å². The molecule has 14 heteroatoms. The second-order valence-electron chi connectivity index (χ2n) is 10.6. The predicted octanol–water partition coefficient (Wildman–Crippen LogP) is 6.48. The Hall–Kier alpha value is -3.77. The van der Waals surface area contributed by atoms with Crippen LogP contribution in [0.25, 0.3) is 5.65 Å². The number of benzene rings is 1. The van der Waals surface area contributed by atoms with E-state index in [1.165, 1.54) is 18.3 Å². The normalized spacial score (nSPS) is 17.0. The van der Waals surface area contributed by atoms with E-state index in [-0.39, 0.29) is 42.8 Å². The van der Waals surface area contributed by atoms with E-state index < -0.39 is 18.6 Å². The Morgan fingerprint density at radius 1 is 1.09 bits per heavy atom. The van der Waals surface area contributed by atoms with E-state index in [1.54, 1.807) is 40.9 Å². The van der Waals surface area contributed by atoms with E-state index >= 15 is 4.39 Å². The van der Waals surface area contributed by atoms with Crippen LogP contribution in [0.15, 0.2) is 54.9 Å². The van der Waals surface area contributed by atoms with Crippen molar-refractivity contribution in [1.29, 1.82) is 0 Å². The molecule has 1 saturated heterocycles. The molecule has 3 aromatic heterocycles. The van der Waals surface area contributed by atoms with Crippen LogP contribution >= 0.6 is 24.0 Å². The molecule has 1 aliphatic rings. The highest BCUT2D eigenvalue weighted by molar-refractivity contribution is 6.30. The van der Waals surface area contributed by atoms with Crippen molar-refractivity contribution >= 4 is 46.9 Å². The molecule has 2 atom stereocenters. The smallest absolute Gasteiger partial charge is 0.422 e. The summed E-state index contributed by atoms with van der Waals surface area (Å²) in [5.41, 5.74) is 3.46. The molecule has 44 heavy (non-hydrogen) atoms. The van der Waals surface area contributed by atoms with Crippen LogP contribution in [0, 0.1) is 5.82 Å². The van der Waals surface area contributed by atoms with Gasteiger partial charge in [-0.15, -0.1) is 12.4 Å². The van der Waals surface area contributed by atoms with Gasteiger partial charge in [-0.1, -0.05) is 24.6 Å². The Bertz CT molecular complexity index is 1620. The molecular formula is C30H32Cl2F4N6O2. The van der Waals surface area contributed by atoms with Crippen LogP contribution in [-0.4, -0.2) is 58.2 Å². The quantitative estimate of drug-likeness (QED) is 0.219. The molecule has 1 amide bonds. The van der Waals surface area contributed by atoms with Crippen molar-refractivity contribution in [2.75, 3.05) is 29.5 Å². The zero-order valence-corrected chi connectivity index (χ0v) is 25.8. The van der Waals surface area contributed by atoms with Crippen LogP contribution in [0.5, 0.6) is 5.88 Å². The number of fused-ring (bicyclic) bond motifs is 1. The zero-order chi connectivity index (χ0) is 30.9. The van der Waals surface area contributed by atoms with E-state index in [0.717, 1.165) is 5.69 Å². The van der Waals surface area contributed by atoms with Crippen molar-refractivity contribution in [1.82, 2.24) is 19.7 Å². The fourth-order valence-electron chi connectivity index (χ4n) is 5.32. The number of nitrogens with one attached hydrogen (secondary N) is 1. The molecule has 1 fully saturated rings. The number of rotatable bonds is 8. The number of carbonyl (C=O) groups excluding carboxylic acids is 1. The van der Waals surface area contributed by atoms with Gasteiger partial charge in [-0.05, 0) is 56.2 Å². The Kier molecular flexibility index (Phi) is 10.1. The maximum atomic E-state index is 15.4. The number of aryl methyl sites for hydroxylation is 1. The molecule has 236 valence electrons. The number of carbonyl (C=O) groups is 1. The Balaban J connectivity index is 0.00000442. The largest absolute Gasteiger partial charge is 0.468 e. The third-order valence-corrected chi connectivity index (χ3v) is 7.62. The minimum absolute atomic E-state index is 0. The third-order valence-electron chi connectivity index (χ3n) is 7.40. The molecular weight excluding hydrogens is 623 g/mol. The third kappa shape index (κ3) is 7.29. The topological polar surface area (TPSA) is 75.0 Å². The van der Waals surface area contributed by atoms with E-state index in [0.29, 0.717) is 52.8 Å². The lowest BCUT2D eigenvalue weighted by atomic mass is 10.1. The van der Waals surface area contributed by atoms with Gasteiger partial charge in [0.2, 0.25) is 5.88 Å². The van der Waals surface area contributed by atoms with Crippen LogP contribution in [0.3, 0.4) is 0 Å². The number of anilines is 2. The molecule has 8 nitrogen and oxygen atoms in total. The number of piperazine rings is 1. The lowest BCUT2D eigenvalue weighted by Crippen LogP contribution is -2.57. The van der Waals surface area contributed by atoms with Gasteiger partial charge in [-0.3, -0.25) is 9.20 Å². The van der Waals surface area contributed by atoms with Crippen molar-refractivity contribution in [3.05, 3.63) is 82.6 Å². The summed E-state index contributed by atoms with van der Waals surface area (Å²) in [6.45, 7) is 5.67. The zero-order valence-electron chi connectivity index (χ0n) is 24.2. The second kappa shape index (κ2) is 13.5. The molecule has 0 aliphatic carbocycles. The van der Waals surface area contributed by atoms with Gasteiger partial charge in [0.15, 0.2) is 6.61 Å². The van der Waals surface area contributed by atoms with Gasteiger partial charge in [-0.2, -0.15) is 13.2 Å². The summed E-state index contributed by atoms with van der Waals surface area (Å²) >= 11 is 6.14. The minimum Gasteiger partial charge on any atom is -0.468 e. The molecule has 5 rings (SSSR count). The number of nitrogens with zero attached hydrogens (tertiary/aromatic N) is 5. The fourth-order valence-corrected chi connectivity index (χ4v) is 5.48. The highest BCUT2D eigenvalue weighted by atomic mass is 35.5. The molecule has 0 radical (unpaired) electrons. The summed E-state index contributed by atoms with van der Waals surface area (Å²) in [4.78, 5) is 25.7. The molecule has 1 aliphatic heterocycles. The molecule has 4 heterocycles. The molecule has 0 bridgehead atoms. The molecule has 0 spiro atoms. The first-order chi connectivity index (χ1) is 20.4. The number of alkyl halides is 3. The highest BCUT2D eigenvalue weighted by Crippen LogP contribution is 2.30. The van der Waals surface area contributed by atoms with Crippen LogP contribution < -0.4 is 19.9 Å². The number of hydrogen-bond acceptors (Lipinski definition) is 6. The lowest BCUT2D eigenvalue weighted by Gasteiger charge is -2.46. The predicted molar refractivity (Wildman–Crippen MR) is 164 cm³/mol. The monoisotopic (exact) mass is 654 g/mol. The van der Waals surface area contributed by atoms with Gasteiger partial charge in [0.1, 0.15) is 17.2 Å². The number of ether oxygens (including phenoxy) is 1. The molecule has 4 aromatic rings. The van der Waals surface area contributed by atoms with Crippen LogP contribution in [-0.2, 0) is 13.0 Å². The number of aromatic nitrogens is 3.